The van der Waals surface area contributed by atoms with E-state index in [-0.39, 0.29) is 18.2 Å². The van der Waals surface area contributed by atoms with Crippen molar-refractivity contribution in [1.82, 2.24) is 10.2 Å². The normalized spacial score (nSPS) is 23.5. The molecular formula is C27H36N2O3. The van der Waals surface area contributed by atoms with Crippen molar-refractivity contribution < 1.29 is 14.6 Å². The van der Waals surface area contributed by atoms with Gasteiger partial charge in [-0.1, -0.05) is 80.4 Å². The van der Waals surface area contributed by atoms with E-state index >= 15 is 0 Å². The molecule has 1 saturated heterocycles. The van der Waals surface area contributed by atoms with Crippen LogP contribution in [0, 0.1) is 5.92 Å². The lowest BCUT2D eigenvalue weighted by molar-refractivity contribution is -0.179. The Morgan fingerprint density at radius 3 is 2.31 bits per heavy atom. The summed E-state index contributed by atoms with van der Waals surface area (Å²) in [5.41, 5.74) is 0.370. The lowest BCUT2D eigenvalue weighted by Crippen LogP contribution is -2.48. The first kappa shape index (κ1) is 23.0. The molecule has 5 heteroatoms. The standard InChI is InChI=1S/C27H36N2O3/c1-20(21-11-5-3-6-12-21)25(28-2)29-18-17-24(19-29)32-26(30)27(31,23-15-9-10-16-23)22-13-7-4-8-14-22/h3-8,11-14,20,23-25,28,31H,9-10,15-19H2,1-2H3/t20-,24+,25?,27-/m0/s1. The molecular weight excluding hydrogens is 400 g/mol. The number of hydrogen-bond donors (Lipinski definition) is 2. The summed E-state index contributed by atoms with van der Waals surface area (Å²) in [6.45, 7) is 3.75. The minimum atomic E-state index is -1.56. The summed E-state index contributed by atoms with van der Waals surface area (Å²) in [5.74, 6) is -0.270. The highest BCUT2D eigenvalue weighted by Gasteiger charge is 2.49. The molecule has 2 aromatic rings. The van der Waals surface area contributed by atoms with Crippen LogP contribution in [-0.2, 0) is 15.1 Å². The first-order valence-electron chi connectivity index (χ1n) is 12.0. The van der Waals surface area contributed by atoms with Gasteiger partial charge in [-0.25, -0.2) is 4.79 Å². The van der Waals surface area contributed by atoms with Gasteiger partial charge < -0.3 is 15.2 Å². The number of nitrogens with one attached hydrogen (secondary N) is 1. The van der Waals surface area contributed by atoms with Gasteiger partial charge in [0, 0.05) is 24.9 Å². The molecule has 1 unspecified atom stereocenters. The average Bonchev–Trinajstić information content (AvgIpc) is 3.53. The maximum absolute atomic E-state index is 13.4. The summed E-state index contributed by atoms with van der Waals surface area (Å²) in [6, 6.07) is 19.8. The minimum Gasteiger partial charge on any atom is -0.459 e. The quantitative estimate of drug-likeness (QED) is 0.612. The Balaban J connectivity index is 1.45. The Hall–Kier alpha value is -2.21. The highest BCUT2D eigenvalue weighted by atomic mass is 16.6. The van der Waals surface area contributed by atoms with E-state index in [1.807, 2.05) is 43.4 Å². The number of ether oxygens (including phenoxy) is 1. The fraction of sp³-hybridized carbons (Fsp3) is 0.519. The van der Waals surface area contributed by atoms with Gasteiger partial charge in [0.2, 0.25) is 0 Å². The van der Waals surface area contributed by atoms with Crippen LogP contribution in [0.1, 0.15) is 56.1 Å². The van der Waals surface area contributed by atoms with Crippen LogP contribution in [0.3, 0.4) is 0 Å². The largest absolute Gasteiger partial charge is 0.459 e. The van der Waals surface area contributed by atoms with E-state index < -0.39 is 11.6 Å². The van der Waals surface area contributed by atoms with Gasteiger partial charge in [0.15, 0.2) is 5.60 Å². The predicted octanol–water partition coefficient (Wildman–Crippen LogP) is 4.03. The molecule has 2 fully saturated rings. The highest BCUT2D eigenvalue weighted by molar-refractivity contribution is 5.81. The van der Waals surface area contributed by atoms with E-state index in [9.17, 15) is 9.90 Å². The molecule has 2 N–H and O–H groups in total. The molecule has 0 amide bonds. The van der Waals surface area contributed by atoms with Crippen molar-refractivity contribution in [2.24, 2.45) is 5.92 Å². The molecule has 1 heterocycles. The molecule has 2 aromatic carbocycles. The number of benzene rings is 2. The molecule has 4 rings (SSSR count). The van der Waals surface area contributed by atoms with Crippen molar-refractivity contribution in [3.05, 3.63) is 71.8 Å². The number of esters is 1. The zero-order chi connectivity index (χ0) is 22.6. The van der Waals surface area contributed by atoms with Gasteiger partial charge in [0.05, 0.1) is 6.17 Å². The second-order valence-corrected chi connectivity index (χ2v) is 9.36. The summed E-state index contributed by atoms with van der Waals surface area (Å²) in [5, 5.41) is 15.1. The molecule has 2 aliphatic rings. The van der Waals surface area contributed by atoms with Crippen LogP contribution in [0.5, 0.6) is 0 Å². The summed E-state index contributed by atoms with van der Waals surface area (Å²) in [7, 11) is 1.98. The third-order valence-electron chi connectivity index (χ3n) is 7.41. The SMILES string of the molecule is CNC([C@@H](C)c1ccccc1)N1CC[C@@H](OC(=O)[C@](O)(c2ccccc2)C2CCCC2)C1. The van der Waals surface area contributed by atoms with Crippen LogP contribution < -0.4 is 5.32 Å². The van der Waals surface area contributed by atoms with E-state index in [0.717, 1.165) is 38.6 Å². The summed E-state index contributed by atoms with van der Waals surface area (Å²) < 4.78 is 6.00. The van der Waals surface area contributed by atoms with Crippen molar-refractivity contribution in [3.63, 3.8) is 0 Å². The van der Waals surface area contributed by atoms with E-state index in [1.165, 1.54) is 5.56 Å². The van der Waals surface area contributed by atoms with Crippen molar-refractivity contribution in [1.29, 1.82) is 0 Å². The Morgan fingerprint density at radius 2 is 1.69 bits per heavy atom. The fourth-order valence-electron chi connectivity index (χ4n) is 5.59. The molecule has 0 radical (unpaired) electrons. The molecule has 0 bridgehead atoms. The number of likely N-dealkylation sites (tertiary alicyclic amines) is 1. The molecule has 0 aromatic heterocycles. The van der Waals surface area contributed by atoms with Crippen LogP contribution in [0.2, 0.25) is 0 Å². The molecule has 1 aliphatic carbocycles. The molecule has 1 aliphatic heterocycles. The van der Waals surface area contributed by atoms with Crippen molar-refractivity contribution >= 4 is 5.97 Å². The summed E-state index contributed by atoms with van der Waals surface area (Å²) in [4.78, 5) is 15.8. The lowest BCUT2D eigenvalue weighted by atomic mass is 9.80. The average molecular weight is 437 g/mol. The number of aliphatic hydroxyl groups is 1. The van der Waals surface area contributed by atoms with Gasteiger partial charge in [-0.15, -0.1) is 0 Å². The topological polar surface area (TPSA) is 61.8 Å². The number of carbonyl (C=O) groups excluding carboxylic acids is 1. The maximum Gasteiger partial charge on any atom is 0.343 e. The zero-order valence-electron chi connectivity index (χ0n) is 19.2. The predicted molar refractivity (Wildman–Crippen MR) is 126 cm³/mol. The molecule has 172 valence electrons. The molecule has 0 spiro atoms. The van der Waals surface area contributed by atoms with Gasteiger partial charge in [-0.3, -0.25) is 4.90 Å². The monoisotopic (exact) mass is 436 g/mol. The zero-order valence-corrected chi connectivity index (χ0v) is 19.2. The smallest absolute Gasteiger partial charge is 0.343 e. The third kappa shape index (κ3) is 4.61. The van der Waals surface area contributed by atoms with Crippen LogP contribution in [0.15, 0.2) is 60.7 Å². The van der Waals surface area contributed by atoms with Gasteiger partial charge in [-0.05, 0) is 37.4 Å². The van der Waals surface area contributed by atoms with E-state index in [1.54, 1.807) is 0 Å². The maximum atomic E-state index is 13.4. The van der Waals surface area contributed by atoms with Gasteiger partial charge in [-0.2, -0.15) is 0 Å². The van der Waals surface area contributed by atoms with Gasteiger partial charge in [0.1, 0.15) is 6.10 Å². The van der Waals surface area contributed by atoms with Crippen LogP contribution >= 0.6 is 0 Å². The van der Waals surface area contributed by atoms with E-state index in [2.05, 4.69) is 41.4 Å². The Kier molecular flexibility index (Phi) is 7.29. The molecule has 4 atom stereocenters. The molecule has 1 saturated carbocycles. The van der Waals surface area contributed by atoms with Crippen molar-refractivity contribution in [2.75, 3.05) is 20.1 Å². The van der Waals surface area contributed by atoms with E-state index in [0.29, 0.717) is 18.0 Å². The first-order chi connectivity index (χ1) is 15.5. The number of nitrogens with zero attached hydrogens (tertiary/aromatic N) is 1. The molecule has 32 heavy (non-hydrogen) atoms. The Bertz CT molecular complexity index is 869. The first-order valence-corrected chi connectivity index (χ1v) is 12.0. The number of hydrogen-bond acceptors (Lipinski definition) is 5. The minimum absolute atomic E-state index is 0.0851. The van der Waals surface area contributed by atoms with Crippen LogP contribution in [0.25, 0.3) is 0 Å². The fourth-order valence-corrected chi connectivity index (χ4v) is 5.59. The van der Waals surface area contributed by atoms with Crippen molar-refractivity contribution in [2.45, 2.75) is 62.8 Å². The van der Waals surface area contributed by atoms with Crippen molar-refractivity contribution in [3.8, 4) is 0 Å². The highest BCUT2D eigenvalue weighted by Crippen LogP contribution is 2.42. The van der Waals surface area contributed by atoms with Gasteiger partial charge >= 0.3 is 5.97 Å². The summed E-state index contributed by atoms with van der Waals surface area (Å²) in [6.07, 6.45) is 4.53. The second-order valence-electron chi connectivity index (χ2n) is 9.36. The number of carbonyl (C=O) groups is 1. The molecule has 5 nitrogen and oxygen atoms in total. The second kappa shape index (κ2) is 10.2. The number of likely N-dealkylation sites (N-methyl/N-ethyl adjacent to an activating group) is 1. The van der Waals surface area contributed by atoms with E-state index in [4.69, 9.17) is 4.74 Å². The van der Waals surface area contributed by atoms with Crippen LogP contribution in [-0.4, -0.2) is 48.4 Å². The number of rotatable bonds is 8. The third-order valence-corrected chi connectivity index (χ3v) is 7.41. The Labute approximate surface area is 191 Å². The van der Waals surface area contributed by atoms with Gasteiger partial charge in [0.25, 0.3) is 0 Å². The Morgan fingerprint density at radius 1 is 1.06 bits per heavy atom. The van der Waals surface area contributed by atoms with Crippen LogP contribution in [0.4, 0.5) is 0 Å². The lowest BCUT2D eigenvalue weighted by Gasteiger charge is -2.34. The summed E-state index contributed by atoms with van der Waals surface area (Å²) >= 11 is 0.